The van der Waals surface area contributed by atoms with E-state index in [-0.39, 0.29) is 22.2 Å². The molecule has 0 amide bonds. The fourth-order valence-corrected chi connectivity index (χ4v) is 4.36. The molecule has 0 bridgehead atoms. The van der Waals surface area contributed by atoms with Gasteiger partial charge in [-0.1, -0.05) is 0 Å². The molecule has 24 heavy (non-hydrogen) atoms. The van der Waals surface area contributed by atoms with Crippen LogP contribution in [0.3, 0.4) is 0 Å². The molecule has 1 aliphatic carbocycles. The normalized spacial score (nSPS) is 24.7. The van der Waals surface area contributed by atoms with E-state index in [4.69, 9.17) is 17.3 Å². The Hall–Kier alpha value is -1.16. The number of anilines is 1. The molecular weight excluding hydrogens is 365 g/mol. The Balaban J connectivity index is 2.00. The van der Waals surface area contributed by atoms with Crippen LogP contribution in [0.1, 0.15) is 17.7 Å². The Kier molecular flexibility index (Phi) is 4.63. The predicted octanol–water partition coefficient (Wildman–Crippen LogP) is 2.74. The molecule has 1 saturated carbocycles. The molecule has 0 spiro atoms. The molecule has 0 radical (unpaired) electrons. The molecule has 3 rings (SSSR count). The molecule has 2 aromatic rings. The summed E-state index contributed by atoms with van der Waals surface area (Å²) in [4.78, 5) is 10.5. The fourth-order valence-electron chi connectivity index (χ4n) is 3.09. The van der Waals surface area contributed by atoms with E-state index in [2.05, 4.69) is 9.97 Å². The van der Waals surface area contributed by atoms with Crippen molar-refractivity contribution in [2.75, 3.05) is 11.9 Å². The van der Waals surface area contributed by atoms with Crippen molar-refractivity contribution in [2.45, 2.75) is 43.6 Å². The maximum atomic E-state index is 12.6. The fraction of sp³-hybridized carbons (Fsp3) is 0.571. The molecular formula is C14H16ClF3N4OS. The van der Waals surface area contributed by atoms with E-state index < -0.39 is 18.7 Å². The van der Waals surface area contributed by atoms with Crippen LogP contribution >= 0.6 is 22.9 Å². The Morgan fingerprint density at radius 3 is 2.71 bits per heavy atom. The van der Waals surface area contributed by atoms with Gasteiger partial charge in [0.1, 0.15) is 10.6 Å². The van der Waals surface area contributed by atoms with Gasteiger partial charge in [-0.05, 0) is 30.5 Å². The van der Waals surface area contributed by atoms with Gasteiger partial charge in [0.15, 0.2) is 0 Å². The summed E-state index contributed by atoms with van der Waals surface area (Å²) >= 11 is 6.87. The summed E-state index contributed by atoms with van der Waals surface area (Å²) < 4.78 is 37.9. The molecule has 0 unspecified atom stereocenters. The van der Waals surface area contributed by atoms with E-state index in [0.717, 1.165) is 11.3 Å². The lowest BCUT2D eigenvalue weighted by molar-refractivity contribution is -0.126. The van der Waals surface area contributed by atoms with Crippen molar-refractivity contribution >= 4 is 39.0 Å². The first-order valence-electron chi connectivity index (χ1n) is 7.33. The van der Waals surface area contributed by atoms with Crippen molar-refractivity contribution in [1.29, 1.82) is 0 Å². The number of halogens is 4. The van der Waals surface area contributed by atoms with Crippen LogP contribution < -0.4 is 10.6 Å². The Morgan fingerprint density at radius 1 is 1.42 bits per heavy atom. The summed E-state index contributed by atoms with van der Waals surface area (Å²) in [7, 11) is 1.73. The molecule has 3 atom stereocenters. The van der Waals surface area contributed by atoms with Crippen LogP contribution in [-0.4, -0.2) is 46.5 Å². The number of alkyl halides is 3. The molecule has 2 aromatic heterocycles. The van der Waals surface area contributed by atoms with Crippen LogP contribution in [0.5, 0.6) is 0 Å². The standard InChI is InChI=1S/C14H16ClF3N4OS/c1-22(9-2-6(19)3-10(9)23)11-8-4-7(5-14(16,17)18)24-12(8)21-13(15)20-11/h4,6,9-10,23H,2-3,5,19H2,1H3/t6-,9+,10-/m1/s1. The third-order valence-electron chi connectivity index (χ3n) is 4.14. The topological polar surface area (TPSA) is 75.3 Å². The van der Waals surface area contributed by atoms with Crippen molar-refractivity contribution < 1.29 is 18.3 Å². The van der Waals surface area contributed by atoms with E-state index in [1.165, 1.54) is 6.07 Å². The summed E-state index contributed by atoms with van der Waals surface area (Å²) in [6.07, 6.45) is -4.90. The summed E-state index contributed by atoms with van der Waals surface area (Å²) in [5.41, 5.74) is 5.88. The summed E-state index contributed by atoms with van der Waals surface area (Å²) in [5, 5.41) is 10.6. The smallest absolute Gasteiger partial charge is 0.391 e. The summed E-state index contributed by atoms with van der Waals surface area (Å²) in [6.45, 7) is 0. The number of thiophene rings is 1. The molecule has 0 aliphatic heterocycles. The molecule has 2 heterocycles. The van der Waals surface area contributed by atoms with Crippen molar-refractivity contribution in [3.8, 4) is 0 Å². The first-order chi connectivity index (χ1) is 11.1. The molecule has 0 saturated heterocycles. The average molecular weight is 381 g/mol. The van der Waals surface area contributed by atoms with Crippen LogP contribution in [-0.2, 0) is 6.42 Å². The van der Waals surface area contributed by atoms with Crippen LogP contribution in [0.15, 0.2) is 6.07 Å². The lowest BCUT2D eigenvalue weighted by Gasteiger charge is -2.28. The average Bonchev–Trinajstić information content (AvgIpc) is 2.97. The highest BCUT2D eigenvalue weighted by atomic mass is 35.5. The molecule has 3 N–H and O–H groups in total. The van der Waals surface area contributed by atoms with Gasteiger partial charge in [0.05, 0.1) is 24.0 Å². The zero-order valence-corrected chi connectivity index (χ0v) is 14.3. The van der Waals surface area contributed by atoms with Crippen molar-refractivity contribution in [1.82, 2.24) is 9.97 Å². The zero-order valence-electron chi connectivity index (χ0n) is 12.7. The number of nitrogens with two attached hydrogens (primary N) is 1. The second-order valence-electron chi connectivity index (χ2n) is 6.02. The van der Waals surface area contributed by atoms with Crippen molar-refractivity contribution in [3.63, 3.8) is 0 Å². The Labute approximate surface area is 145 Å². The highest BCUT2D eigenvalue weighted by molar-refractivity contribution is 7.18. The Morgan fingerprint density at radius 2 is 2.12 bits per heavy atom. The zero-order chi connectivity index (χ0) is 17.6. The number of aliphatic hydroxyl groups excluding tert-OH is 1. The SMILES string of the molecule is CN(c1nc(Cl)nc2sc(CC(F)(F)F)cc12)[C@H]1C[C@@H](N)C[C@H]1O. The largest absolute Gasteiger partial charge is 0.393 e. The summed E-state index contributed by atoms with van der Waals surface area (Å²) in [6, 6.07) is 1.06. The minimum atomic E-state index is -4.29. The maximum Gasteiger partial charge on any atom is 0.393 e. The van der Waals surface area contributed by atoms with Gasteiger partial charge in [0.25, 0.3) is 0 Å². The molecule has 0 aromatic carbocycles. The van der Waals surface area contributed by atoms with Crippen molar-refractivity contribution in [2.24, 2.45) is 5.73 Å². The van der Waals surface area contributed by atoms with E-state index in [0.29, 0.717) is 28.9 Å². The molecule has 1 aliphatic rings. The van der Waals surface area contributed by atoms with Crippen molar-refractivity contribution in [3.05, 3.63) is 16.2 Å². The quantitative estimate of drug-likeness (QED) is 0.801. The highest BCUT2D eigenvalue weighted by Gasteiger charge is 2.35. The number of hydrogen-bond acceptors (Lipinski definition) is 6. The molecule has 10 heteroatoms. The van der Waals surface area contributed by atoms with E-state index in [1.54, 1.807) is 11.9 Å². The second kappa shape index (κ2) is 6.29. The lowest BCUT2D eigenvalue weighted by Crippen LogP contribution is -2.38. The number of nitrogens with zero attached hydrogens (tertiary/aromatic N) is 3. The van der Waals surface area contributed by atoms with Gasteiger partial charge in [-0.25, -0.2) is 4.98 Å². The summed E-state index contributed by atoms with van der Waals surface area (Å²) in [5.74, 6) is 0.410. The number of aliphatic hydroxyl groups is 1. The van der Waals surface area contributed by atoms with E-state index >= 15 is 0 Å². The van der Waals surface area contributed by atoms with Gasteiger partial charge >= 0.3 is 6.18 Å². The van der Waals surface area contributed by atoms with E-state index in [9.17, 15) is 18.3 Å². The maximum absolute atomic E-state index is 12.6. The Bertz CT molecular complexity index is 753. The minimum absolute atomic E-state index is 0.0402. The van der Waals surface area contributed by atoms with Gasteiger partial charge < -0.3 is 15.7 Å². The van der Waals surface area contributed by atoms with Crippen LogP contribution in [0.4, 0.5) is 19.0 Å². The van der Waals surface area contributed by atoms with Crippen LogP contribution in [0.25, 0.3) is 10.2 Å². The predicted molar refractivity (Wildman–Crippen MR) is 87.6 cm³/mol. The van der Waals surface area contributed by atoms with Gasteiger partial charge in [0, 0.05) is 18.0 Å². The molecule has 1 fully saturated rings. The monoisotopic (exact) mass is 380 g/mol. The number of likely N-dealkylation sites (N-methyl/N-ethyl adjacent to an activating group) is 1. The third-order valence-corrected chi connectivity index (χ3v) is 5.33. The molecule has 5 nitrogen and oxygen atoms in total. The third kappa shape index (κ3) is 3.58. The van der Waals surface area contributed by atoms with Crippen LogP contribution in [0.2, 0.25) is 5.28 Å². The number of aromatic nitrogens is 2. The second-order valence-corrected chi connectivity index (χ2v) is 7.47. The first kappa shape index (κ1) is 17.7. The highest BCUT2D eigenvalue weighted by Crippen LogP contribution is 2.36. The van der Waals surface area contributed by atoms with Crippen LogP contribution in [0, 0.1) is 0 Å². The van der Waals surface area contributed by atoms with Gasteiger partial charge in [-0.3, -0.25) is 0 Å². The molecule has 132 valence electrons. The van der Waals surface area contributed by atoms with Gasteiger partial charge in [-0.2, -0.15) is 18.2 Å². The van der Waals surface area contributed by atoms with Gasteiger partial charge in [-0.15, -0.1) is 11.3 Å². The lowest BCUT2D eigenvalue weighted by atomic mass is 10.1. The number of rotatable bonds is 3. The first-order valence-corrected chi connectivity index (χ1v) is 8.52. The minimum Gasteiger partial charge on any atom is -0.391 e. The van der Waals surface area contributed by atoms with E-state index in [1.807, 2.05) is 0 Å². The number of hydrogen-bond donors (Lipinski definition) is 2. The van der Waals surface area contributed by atoms with Gasteiger partial charge in [0.2, 0.25) is 5.28 Å². The number of fused-ring (bicyclic) bond motifs is 1.